The number of hydrogen-bond donors (Lipinski definition) is 1. The number of amides is 2. The van der Waals surface area contributed by atoms with Gasteiger partial charge in [-0.2, -0.15) is 5.10 Å². The normalized spacial score (nSPS) is 10.7. The number of benzene rings is 3. The zero-order valence-corrected chi connectivity index (χ0v) is 19.0. The molecule has 0 aliphatic heterocycles. The summed E-state index contributed by atoms with van der Waals surface area (Å²) in [6, 6.07) is 23.5. The maximum atomic E-state index is 13.3. The monoisotopic (exact) mass is 458 g/mol. The molecular weight excluding hydrogens is 436 g/mol. The molecule has 0 spiro atoms. The lowest BCUT2D eigenvalue weighted by molar-refractivity contribution is 0.102. The van der Waals surface area contributed by atoms with E-state index in [1.54, 1.807) is 62.6 Å². The molecule has 4 rings (SSSR count). The first-order valence-electron chi connectivity index (χ1n) is 10.3. The van der Waals surface area contributed by atoms with Crippen LogP contribution in [0.25, 0.3) is 10.8 Å². The van der Waals surface area contributed by atoms with Crippen LogP contribution in [0.15, 0.2) is 88.6 Å². The number of hydrogen-bond acceptors (Lipinski definition) is 5. The van der Waals surface area contributed by atoms with Crippen molar-refractivity contribution in [3.63, 3.8) is 0 Å². The fourth-order valence-corrected chi connectivity index (χ4v) is 4.04. The molecule has 0 saturated heterocycles. The minimum absolute atomic E-state index is 0.139. The van der Waals surface area contributed by atoms with E-state index in [0.29, 0.717) is 21.4 Å². The molecule has 0 radical (unpaired) electrons. The highest BCUT2D eigenvalue weighted by Crippen LogP contribution is 2.29. The van der Waals surface area contributed by atoms with Crippen molar-refractivity contribution in [2.24, 2.45) is 0 Å². The zero-order chi connectivity index (χ0) is 23.4. The van der Waals surface area contributed by atoms with Crippen LogP contribution in [0.5, 0.6) is 0 Å². The Morgan fingerprint density at radius 1 is 0.909 bits per heavy atom. The standard InChI is InChI=1S/C25H22N4O3S/c1-28(2)25(32)33-21-15-9-8-14-20(21)26-23(30)22-18-12-6-7-13-19(18)24(31)29(27-22)16-17-10-4-3-5-11-17/h3-15H,16H2,1-2H3,(H,26,30). The van der Waals surface area contributed by atoms with Crippen LogP contribution < -0.4 is 10.9 Å². The van der Waals surface area contributed by atoms with Gasteiger partial charge in [0.15, 0.2) is 5.69 Å². The molecule has 3 aromatic carbocycles. The predicted octanol–water partition coefficient (Wildman–Crippen LogP) is 4.47. The highest BCUT2D eigenvalue weighted by molar-refractivity contribution is 8.13. The Morgan fingerprint density at radius 2 is 1.55 bits per heavy atom. The summed E-state index contributed by atoms with van der Waals surface area (Å²) in [5.41, 5.74) is 1.27. The van der Waals surface area contributed by atoms with Crippen LogP contribution in [-0.2, 0) is 6.54 Å². The molecule has 0 atom stereocenters. The number of rotatable bonds is 5. The van der Waals surface area contributed by atoms with Crippen LogP contribution in [0.2, 0.25) is 0 Å². The van der Waals surface area contributed by atoms with Crippen molar-refractivity contribution in [2.75, 3.05) is 19.4 Å². The molecule has 1 aromatic heterocycles. The Morgan fingerprint density at radius 3 is 2.27 bits per heavy atom. The molecule has 4 aromatic rings. The van der Waals surface area contributed by atoms with E-state index in [0.717, 1.165) is 17.3 Å². The van der Waals surface area contributed by atoms with Crippen molar-refractivity contribution in [2.45, 2.75) is 11.4 Å². The summed E-state index contributed by atoms with van der Waals surface area (Å²) in [5.74, 6) is -0.460. The van der Waals surface area contributed by atoms with Crippen LogP contribution >= 0.6 is 11.8 Å². The van der Waals surface area contributed by atoms with Gasteiger partial charge in [0.1, 0.15) is 0 Å². The minimum Gasteiger partial charge on any atom is -0.339 e. The van der Waals surface area contributed by atoms with E-state index in [4.69, 9.17) is 0 Å². The van der Waals surface area contributed by atoms with Gasteiger partial charge in [-0.3, -0.25) is 14.4 Å². The van der Waals surface area contributed by atoms with E-state index in [9.17, 15) is 14.4 Å². The quantitative estimate of drug-likeness (QED) is 0.446. The van der Waals surface area contributed by atoms with Gasteiger partial charge in [0.2, 0.25) is 0 Å². The fraction of sp³-hybridized carbons (Fsp3) is 0.120. The van der Waals surface area contributed by atoms with E-state index < -0.39 is 5.91 Å². The second-order valence-electron chi connectivity index (χ2n) is 7.56. The Bertz CT molecular complexity index is 1380. The van der Waals surface area contributed by atoms with Gasteiger partial charge in [-0.1, -0.05) is 60.7 Å². The number of thioether (sulfide) groups is 1. The van der Waals surface area contributed by atoms with Gasteiger partial charge < -0.3 is 10.2 Å². The van der Waals surface area contributed by atoms with Gasteiger partial charge in [0, 0.05) is 24.4 Å². The Balaban J connectivity index is 1.73. The van der Waals surface area contributed by atoms with Gasteiger partial charge in [0.25, 0.3) is 16.7 Å². The lowest BCUT2D eigenvalue weighted by atomic mass is 10.1. The molecule has 7 nitrogen and oxygen atoms in total. The summed E-state index contributed by atoms with van der Waals surface area (Å²) in [5, 5.41) is 8.02. The Labute approximate surface area is 195 Å². The summed E-state index contributed by atoms with van der Waals surface area (Å²) in [7, 11) is 3.34. The molecule has 1 N–H and O–H groups in total. The maximum absolute atomic E-state index is 13.3. The third kappa shape index (κ3) is 4.96. The molecular formula is C25H22N4O3S. The number of aromatic nitrogens is 2. The second kappa shape index (κ2) is 9.70. The first-order valence-corrected chi connectivity index (χ1v) is 11.1. The summed E-state index contributed by atoms with van der Waals surface area (Å²) in [4.78, 5) is 40.6. The fourth-order valence-electron chi connectivity index (χ4n) is 3.29. The molecule has 0 aliphatic carbocycles. The Hall–Kier alpha value is -3.91. The number of carbonyl (C=O) groups excluding carboxylic acids is 2. The molecule has 0 aliphatic rings. The number of nitrogens with one attached hydrogen (secondary N) is 1. The number of carbonyl (C=O) groups is 2. The van der Waals surface area contributed by atoms with Gasteiger partial charge in [-0.05, 0) is 35.5 Å². The van der Waals surface area contributed by atoms with Crippen LogP contribution in [0, 0.1) is 0 Å². The predicted molar refractivity (Wildman–Crippen MR) is 131 cm³/mol. The zero-order valence-electron chi connectivity index (χ0n) is 18.2. The van der Waals surface area contributed by atoms with Crippen LogP contribution in [-0.4, -0.2) is 39.9 Å². The maximum Gasteiger partial charge on any atom is 0.286 e. The SMILES string of the molecule is CN(C)C(=O)Sc1ccccc1NC(=O)c1nn(Cc2ccccc2)c(=O)c2ccccc12. The average Bonchev–Trinajstić information content (AvgIpc) is 2.82. The number of nitrogens with zero attached hydrogens (tertiary/aromatic N) is 3. The molecule has 0 bridgehead atoms. The summed E-state index contributed by atoms with van der Waals surface area (Å²) in [6.07, 6.45) is 0. The van der Waals surface area contributed by atoms with Crippen LogP contribution in [0.3, 0.4) is 0 Å². The van der Waals surface area contributed by atoms with Crippen LogP contribution in [0.1, 0.15) is 16.1 Å². The highest BCUT2D eigenvalue weighted by Gasteiger charge is 2.19. The van der Waals surface area contributed by atoms with Crippen molar-refractivity contribution < 1.29 is 9.59 Å². The molecule has 0 saturated carbocycles. The van der Waals surface area contributed by atoms with Crippen molar-refractivity contribution in [3.05, 3.63) is 100 Å². The van der Waals surface area contributed by atoms with Crippen LogP contribution in [0.4, 0.5) is 10.5 Å². The number of fused-ring (bicyclic) bond motifs is 1. The lowest BCUT2D eigenvalue weighted by Crippen LogP contribution is -2.28. The van der Waals surface area contributed by atoms with Crippen molar-refractivity contribution >= 4 is 39.4 Å². The molecule has 8 heteroatoms. The Kier molecular flexibility index (Phi) is 6.55. The average molecular weight is 459 g/mol. The first-order chi connectivity index (χ1) is 15.9. The molecule has 0 unspecified atom stereocenters. The third-order valence-electron chi connectivity index (χ3n) is 4.96. The molecule has 1 heterocycles. The summed E-state index contributed by atoms with van der Waals surface area (Å²) in [6.45, 7) is 0.245. The van der Waals surface area contributed by atoms with E-state index in [1.807, 2.05) is 30.3 Å². The van der Waals surface area contributed by atoms with Crippen molar-refractivity contribution in [1.82, 2.24) is 14.7 Å². The van der Waals surface area contributed by atoms with Crippen molar-refractivity contribution in [3.8, 4) is 0 Å². The number of para-hydroxylation sites is 1. The highest BCUT2D eigenvalue weighted by atomic mass is 32.2. The second-order valence-corrected chi connectivity index (χ2v) is 8.55. The van der Waals surface area contributed by atoms with Gasteiger partial charge in [-0.25, -0.2) is 4.68 Å². The smallest absolute Gasteiger partial charge is 0.286 e. The number of anilines is 1. The molecule has 0 fully saturated rings. The van der Waals surface area contributed by atoms with Gasteiger partial charge in [-0.15, -0.1) is 0 Å². The van der Waals surface area contributed by atoms with E-state index in [1.165, 1.54) is 9.58 Å². The van der Waals surface area contributed by atoms with E-state index >= 15 is 0 Å². The lowest BCUT2D eigenvalue weighted by Gasteiger charge is -2.14. The first kappa shape index (κ1) is 22.3. The van der Waals surface area contributed by atoms with E-state index in [2.05, 4.69) is 10.4 Å². The van der Waals surface area contributed by atoms with E-state index in [-0.39, 0.29) is 23.0 Å². The summed E-state index contributed by atoms with van der Waals surface area (Å²) >= 11 is 1.02. The molecule has 2 amide bonds. The molecule has 166 valence electrons. The largest absolute Gasteiger partial charge is 0.339 e. The third-order valence-corrected chi connectivity index (χ3v) is 6.07. The minimum atomic E-state index is -0.460. The topological polar surface area (TPSA) is 84.3 Å². The summed E-state index contributed by atoms with van der Waals surface area (Å²) < 4.78 is 1.31. The van der Waals surface area contributed by atoms with Gasteiger partial charge >= 0.3 is 0 Å². The molecule has 33 heavy (non-hydrogen) atoms. The van der Waals surface area contributed by atoms with Gasteiger partial charge in [0.05, 0.1) is 17.6 Å². The van der Waals surface area contributed by atoms with Crippen molar-refractivity contribution in [1.29, 1.82) is 0 Å².